The van der Waals surface area contributed by atoms with Crippen LogP contribution >= 0.6 is 0 Å². The minimum atomic E-state index is 0.166. The number of aryl methyl sites for hydroxylation is 1. The van der Waals surface area contributed by atoms with Crippen LogP contribution in [0.2, 0.25) is 0 Å². The molecular formula is C16H20N4O. The molecular weight excluding hydrogens is 264 g/mol. The number of piperidine rings is 1. The van der Waals surface area contributed by atoms with E-state index in [4.69, 9.17) is 0 Å². The first-order valence-electron chi connectivity index (χ1n) is 7.37. The second kappa shape index (κ2) is 5.68. The van der Waals surface area contributed by atoms with E-state index in [0.717, 1.165) is 43.1 Å². The smallest absolute Gasteiger partial charge is 0.219 e. The van der Waals surface area contributed by atoms with Crippen molar-refractivity contribution in [2.45, 2.75) is 32.7 Å². The number of aromatic nitrogens is 3. The van der Waals surface area contributed by atoms with E-state index in [1.165, 1.54) is 0 Å². The van der Waals surface area contributed by atoms with Crippen molar-refractivity contribution >= 4 is 5.91 Å². The third kappa shape index (κ3) is 2.82. The number of hydrogen-bond donors (Lipinski definition) is 0. The molecule has 0 spiro atoms. The molecule has 5 heteroatoms. The molecule has 21 heavy (non-hydrogen) atoms. The Morgan fingerprint density at radius 1 is 1.29 bits per heavy atom. The average molecular weight is 284 g/mol. The van der Waals surface area contributed by atoms with E-state index in [1.54, 1.807) is 6.92 Å². The molecule has 1 amide bonds. The lowest BCUT2D eigenvalue weighted by atomic mass is 10.0. The van der Waals surface area contributed by atoms with Crippen molar-refractivity contribution in [1.82, 2.24) is 19.4 Å². The number of imidazole rings is 1. The fourth-order valence-corrected chi connectivity index (χ4v) is 2.93. The molecule has 0 radical (unpaired) electrons. The van der Waals surface area contributed by atoms with E-state index in [-0.39, 0.29) is 5.91 Å². The second-order valence-electron chi connectivity index (χ2n) is 5.56. The molecule has 3 heterocycles. The summed E-state index contributed by atoms with van der Waals surface area (Å²) in [5.41, 5.74) is 1.91. The molecule has 0 aromatic carbocycles. The first-order valence-corrected chi connectivity index (χ1v) is 7.37. The minimum Gasteiger partial charge on any atom is -0.343 e. The molecule has 1 aliphatic rings. The topological polar surface area (TPSA) is 51.0 Å². The molecule has 3 rings (SSSR count). The van der Waals surface area contributed by atoms with Crippen molar-refractivity contribution in [3.05, 3.63) is 36.3 Å². The highest BCUT2D eigenvalue weighted by Gasteiger charge is 2.23. The van der Waals surface area contributed by atoms with E-state index < -0.39 is 0 Å². The number of amides is 1. The van der Waals surface area contributed by atoms with Gasteiger partial charge in [-0.2, -0.15) is 0 Å². The first kappa shape index (κ1) is 13.8. The Balaban J connectivity index is 1.82. The van der Waals surface area contributed by atoms with Crippen LogP contribution in [0, 0.1) is 6.92 Å². The predicted molar refractivity (Wildman–Crippen MR) is 80.7 cm³/mol. The molecule has 1 aliphatic heterocycles. The molecule has 0 aliphatic carbocycles. The zero-order chi connectivity index (χ0) is 14.8. The number of carbonyl (C=O) groups is 1. The summed E-state index contributed by atoms with van der Waals surface area (Å²) in [6.07, 6.45) is 5.79. The lowest BCUT2D eigenvalue weighted by Crippen LogP contribution is -2.37. The van der Waals surface area contributed by atoms with Crippen LogP contribution in [0.4, 0.5) is 0 Å². The van der Waals surface area contributed by atoms with E-state index >= 15 is 0 Å². The SMILES string of the molecule is CC(=O)N1CCC(n2ccnc2-c2cccc(C)n2)CC1. The van der Waals surface area contributed by atoms with E-state index in [1.807, 2.05) is 42.4 Å². The van der Waals surface area contributed by atoms with Gasteiger partial charge in [-0.15, -0.1) is 0 Å². The third-order valence-corrected chi connectivity index (χ3v) is 4.09. The quantitative estimate of drug-likeness (QED) is 0.851. The number of hydrogen-bond acceptors (Lipinski definition) is 3. The summed E-state index contributed by atoms with van der Waals surface area (Å²) in [7, 11) is 0. The van der Waals surface area contributed by atoms with Crippen LogP contribution in [0.1, 0.15) is 31.5 Å². The summed E-state index contributed by atoms with van der Waals surface area (Å²) < 4.78 is 2.21. The van der Waals surface area contributed by atoms with E-state index in [9.17, 15) is 4.79 Å². The summed E-state index contributed by atoms with van der Waals surface area (Å²) in [6.45, 7) is 5.26. The minimum absolute atomic E-state index is 0.166. The summed E-state index contributed by atoms with van der Waals surface area (Å²) in [4.78, 5) is 22.4. The van der Waals surface area contributed by atoms with Crippen LogP contribution < -0.4 is 0 Å². The fourth-order valence-electron chi connectivity index (χ4n) is 2.93. The van der Waals surface area contributed by atoms with Crippen molar-refractivity contribution < 1.29 is 4.79 Å². The maximum Gasteiger partial charge on any atom is 0.219 e. The molecule has 0 bridgehead atoms. The Labute approximate surface area is 124 Å². The highest BCUT2D eigenvalue weighted by molar-refractivity contribution is 5.73. The maximum absolute atomic E-state index is 11.4. The third-order valence-electron chi connectivity index (χ3n) is 4.09. The zero-order valence-corrected chi connectivity index (χ0v) is 12.5. The monoisotopic (exact) mass is 284 g/mol. The Morgan fingerprint density at radius 2 is 2.05 bits per heavy atom. The van der Waals surface area contributed by atoms with Gasteiger partial charge < -0.3 is 9.47 Å². The van der Waals surface area contributed by atoms with Crippen LogP contribution in [0.5, 0.6) is 0 Å². The Kier molecular flexibility index (Phi) is 3.73. The lowest BCUT2D eigenvalue weighted by Gasteiger charge is -2.32. The van der Waals surface area contributed by atoms with Gasteiger partial charge in [0, 0.05) is 44.1 Å². The van der Waals surface area contributed by atoms with Crippen molar-refractivity contribution in [1.29, 1.82) is 0 Å². The standard InChI is InChI=1S/C16H20N4O/c1-12-4-3-5-15(18-12)16-17-8-11-20(16)14-6-9-19(10-7-14)13(2)21/h3-5,8,11,14H,6-7,9-10H2,1-2H3. The van der Waals surface area contributed by atoms with Crippen LogP contribution in [-0.2, 0) is 4.79 Å². The molecule has 0 saturated carbocycles. The number of carbonyl (C=O) groups excluding carboxylic acids is 1. The number of rotatable bonds is 2. The maximum atomic E-state index is 11.4. The highest BCUT2D eigenvalue weighted by Crippen LogP contribution is 2.27. The highest BCUT2D eigenvalue weighted by atomic mass is 16.2. The lowest BCUT2D eigenvalue weighted by molar-refractivity contribution is -0.130. The van der Waals surface area contributed by atoms with Crippen LogP contribution in [0.3, 0.4) is 0 Å². The molecule has 2 aromatic rings. The van der Waals surface area contributed by atoms with Gasteiger partial charge in [-0.05, 0) is 31.9 Å². The number of nitrogens with zero attached hydrogens (tertiary/aromatic N) is 4. The molecule has 1 saturated heterocycles. The number of pyridine rings is 1. The summed E-state index contributed by atoms with van der Waals surface area (Å²) in [6, 6.07) is 6.38. The Morgan fingerprint density at radius 3 is 2.71 bits per heavy atom. The van der Waals surface area contributed by atoms with Gasteiger partial charge in [0.15, 0.2) is 5.82 Å². The van der Waals surface area contributed by atoms with E-state index in [0.29, 0.717) is 6.04 Å². The largest absolute Gasteiger partial charge is 0.343 e. The predicted octanol–water partition coefficient (Wildman–Crippen LogP) is 2.44. The molecule has 5 nitrogen and oxygen atoms in total. The number of likely N-dealkylation sites (tertiary alicyclic amines) is 1. The molecule has 0 N–H and O–H groups in total. The van der Waals surface area contributed by atoms with Crippen molar-refractivity contribution in [2.24, 2.45) is 0 Å². The average Bonchev–Trinajstić information content (AvgIpc) is 2.97. The van der Waals surface area contributed by atoms with Gasteiger partial charge in [0.25, 0.3) is 0 Å². The Hall–Kier alpha value is -2.17. The van der Waals surface area contributed by atoms with E-state index in [2.05, 4.69) is 14.5 Å². The molecule has 1 fully saturated rings. The summed E-state index contributed by atoms with van der Waals surface area (Å²) >= 11 is 0. The van der Waals surface area contributed by atoms with Gasteiger partial charge in [-0.3, -0.25) is 4.79 Å². The molecule has 2 aromatic heterocycles. The summed E-state index contributed by atoms with van der Waals surface area (Å²) in [5, 5.41) is 0. The normalized spacial score (nSPS) is 16.2. The van der Waals surface area contributed by atoms with Crippen LogP contribution in [0.15, 0.2) is 30.6 Å². The van der Waals surface area contributed by atoms with Crippen molar-refractivity contribution in [3.63, 3.8) is 0 Å². The fraction of sp³-hybridized carbons (Fsp3) is 0.438. The Bertz CT molecular complexity index is 641. The molecule has 0 unspecified atom stereocenters. The van der Waals surface area contributed by atoms with Crippen molar-refractivity contribution in [2.75, 3.05) is 13.1 Å². The van der Waals surface area contributed by atoms with Crippen molar-refractivity contribution in [3.8, 4) is 11.5 Å². The van der Waals surface area contributed by atoms with Gasteiger partial charge in [-0.25, -0.2) is 9.97 Å². The van der Waals surface area contributed by atoms with Gasteiger partial charge in [0.1, 0.15) is 5.69 Å². The second-order valence-corrected chi connectivity index (χ2v) is 5.56. The molecule has 0 atom stereocenters. The van der Waals surface area contributed by atoms with Gasteiger partial charge in [-0.1, -0.05) is 6.07 Å². The van der Waals surface area contributed by atoms with Crippen LogP contribution in [-0.4, -0.2) is 38.4 Å². The van der Waals surface area contributed by atoms with Gasteiger partial charge in [0.2, 0.25) is 5.91 Å². The zero-order valence-electron chi connectivity index (χ0n) is 12.5. The van der Waals surface area contributed by atoms with Gasteiger partial charge in [0.05, 0.1) is 0 Å². The van der Waals surface area contributed by atoms with Crippen LogP contribution in [0.25, 0.3) is 11.5 Å². The summed E-state index contributed by atoms with van der Waals surface area (Å²) in [5.74, 6) is 1.08. The molecule has 110 valence electrons. The first-order chi connectivity index (χ1) is 10.1. The van der Waals surface area contributed by atoms with Gasteiger partial charge >= 0.3 is 0 Å².